The molecule has 18 heavy (non-hydrogen) atoms. The van der Waals surface area contributed by atoms with E-state index in [0.717, 1.165) is 0 Å². The molecule has 1 rings (SSSR count). The Kier molecular flexibility index (Phi) is 5.13. The molecule has 0 saturated carbocycles. The Morgan fingerprint density at radius 2 is 1.89 bits per heavy atom. The SMILES string of the molecule is CNS(=O)(=O)c1ccccc1NC(C)C(C)CN. The van der Waals surface area contributed by atoms with Crippen molar-refractivity contribution in [1.82, 2.24) is 4.72 Å². The van der Waals surface area contributed by atoms with E-state index in [1.54, 1.807) is 24.3 Å². The van der Waals surface area contributed by atoms with E-state index in [9.17, 15) is 8.42 Å². The first-order chi connectivity index (χ1) is 8.42. The Balaban J connectivity index is 3.04. The lowest BCUT2D eigenvalue weighted by atomic mass is 10.0. The summed E-state index contributed by atoms with van der Waals surface area (Å²) in [6, 6.07) is 6.93. The molecule has 1 aromatic rings. The quantitative estimate of drug-likeness (QED) is 0.720. The van der Waals surface area contributed by atoms with Crippen molar-refractivity contribution in [2.24, 2.45) is 11.7 Å². The van der Waals surface area contributed by atoms with Crippen LogP contribution in [0.2, 0.25) is 0 Å². The topological polar surface area (TPSA) is 84.2 Å². The second-order valence-electron chi connectivity index (χ2n) is 4.35. The smallest absolute Gasteiger partial charge is 0.242 e. The highest BCUT2D eigenvalue weighted by molar-refractivity contribution is 7.89. The van der Waals surface area contributed by atoms with Crippen molar-refractivity contribution in [3.63, 3.8) is 0 Å². The van der Waals surface area contributed by atoms with Gasteiger partial charge in [-0.15, -0.1) is 0 Å². The predicted octanol–water partition coefficient (Wildman–Crippen LogP) is 0.990. The van der Waals surface area contributed by atoms with Crippen LogP contribution in [0.1, 0.15) is 13.8 Å². The van der Waals surface area contributed by atoms with Gasteiger partial charge < -0.3 is 11.1 Å². The average molecular weight is 271 g/mol. The van der Waals surface area contributed by atoms with Gasteiger partial charge in [0.15, 0.2) is 0 Å². The van der Waals surface area contributed by atoms with Crippen molar-refractivity contribution in [1.29, 1.82) is 0 Å². The van der Waals surface area contributed by atoms with Crippen molar-refractivity contribution in [3.8, 4) is 0 Å². The summed E-state index contributed by atoms with van der Waals surface area (Å²) in [6.45, 7) is 4.56. The normalized spacial score (nSPS) is 15.1. The van der Waals surface area contributed by atoms with E-state index in [2.05, 4.69) is 10.0 Å². The van der Waals surface area contributed by atoms with Crippen LogP contribution < -0.4 is 15.8 Å². The third kappa shape index (κ3) is 3.44. The maximum atomic E-state index is 11.9. The summed E-state index contributed by atoms with van der Waals surface area (Å²) in [5, 5.41) is 3.20. The van der Waals surface area contributed by atoms with E-state index in [-0.39, 0.29) is 16.9 Å². The molecule has 5 nitrogen and oxygen atoms in total. The molecule has 2 unspecified atom stereocenters. The van der Waals surface area contributed by atoms with E-state index in [4.69, 9.17) is 5.73 Å². The lowest BCUT2D eigenvalue weighted by Crippen LogP contribution is -2.30. The Morgan fingerprint density at radius 3 is 2.44 bits per heavy atom. The van der Waals surface area contributed by atoms with Crippen LogP contribution in [0.25, 0.3) is 0 Å². The first kappa shape index (κ1) is 14.9. The summed E-state index contributed by atoms with van der Waals surface area (Å²) in [4.78, 5) is 0.253. The Hall–Kier alpha value is -1.11. The monoisotopic (exact) mass is 271 g/mol. The highest BCUT2D eigenvalue weighted by atomic mass is 32.2. The fourth-order valence-electron chi connectivity index (χ4n) is 1.52. The molecule has 0 aliphatic rings. The summed E-state index contributed by atoms with van der Waals surface area (Å²) in [5.74, 6) is 0.260. The third-order valence-corrected chi connectivity index (χ3v) is 4.53. The predicted molar refractivity (Wildman–Crippen MR) is 74.0 cm³/mol. The summed E-state index contributed by atoms with van der Waals surface area (Å²) in [5.41, 5.74) is 6.20. The second-order valence-corrected chi connectivity index (χ2v) is 6.20. The molecule has 0 aliphatic carbocycles. The fourth-order valence-corrected chi connectivity index (χ4v) is 2.42. The van der Waals surface area contributed by atoms with E-state index >= 15 is 0 Å². The molecule has 0 saturated heterocycles. The van der Waals surface area contributed by atoms with Crippen LogP contribution in [-0.2, 0) is 10.0 Å². The van der Waals surface area contributed by atoms with Crippen LogP contribution in [0.3, 0.4) is 0 Å². The number of nitrogens with two attached hydrogens (primary N) is 1. The van der Waals surface area contributed by atoms with Crippen LogP contribution in [-0.4, -0.2) is 28.1 Å². The molecular weight excluding hydrogens is 250 g/mol. The van der Waals surface area contributed by atoms with Gasteiger partial charge in [0.2, 0.25) is 10.0 Å². The van der Waals surface area contributed by atoms with Crippen molar-refractivity contribution in [3.05, 3.63) is 24.3 Å². The molecule has 1 aromatic carbocycles. The van der Waals surface area contributed by atoms with Gasteiger partial charge in [-0.1, -0.05) is 19.1 Å². The van der Waals surface area contributed by atoms with E-state index in [1.807, 2.05) is 13.8 Å². The minimum atomic E-state index is -3.45. The zero-order chi connectivity index (χ0) is 13.8. The maximum Gasteiger partial charge on any atom is 0.242 e. The van der Waals surface area contributed by atoms with Crippen LogP contribution >= 0.6 is 0 Å². The number of para-hydroxylation sites is 1. The fraction of sp³-hybridized carbons (Fsp3) is 0.500. The lowest BCUT2D eigenvalue weighted by Gasteiger charge is -2.22. The van der Waals surface area contributed by atoms with Crippen LogP contribution in [0.4, 0.5) is 5.69 Å². The Morgan fingerprint density at radius 1 is 1.28 bits per heavy atom. The Labute approximate surface area is 109 Å². The van der Waals surface area contributed by atoms with Gasteiger partial charge in [-0.2, -0.15) is 0 Å². The molecule has 0 fully saturated rings. The second kappa shape index (κ2) is 6.17. The number of rotatable bonds is 6. The summed E-state index contributed by atoms with van der Waals surface area (Å²) in [7, 11) is -2.05. The number of benzene rings is 1. The molecule has 0 bridgehead atoms. The summed E-state index contributed by atoms with van der Waals surface area (Å²) >= 11 is 0. The van der Waals surface area contributed by atoms with Crippen molar-refractivity contribution < 1.29 is 8.42 Å². The number of nitrogens with one attached hydrogen (secondary N) is 2. The van der Waals surface area contributed by atoms with E-state index in [0.29, 0.717) is 12.2 Å². The summed E-state index contributed by atoms with van der Waals surface area (Å²) < 4.78 is 26.1. The highest BCUT2D eigenvalue weighted by Gasteiger charge is 2.18. The van der Waals surface area contributed by atoms with Gasteiger partial charge in [0, 0.05) is 6.04 Å². The molecule has 0 amide bonds. The minimum Gasteiger partial charge on any atom is -0.381 e. The van der Waals surface area contributed by atoms with Crippen molar-refractivity contribution >= 4 is 15.7 Å². The molecule has 0 aromatic heterocycles. The molecule has 6 heteroatoms. The zero-order valence-electron chi connectivity index (χ0n) is 11.0. The maximum absolute atomic E-state index is 11.9. The van der Waals surface area contributed by atoms with E-state index in [1.165, 1.54) is 7.05 Å². The first-order valence-corrected chi connectivity index (χ1v) is 7.40. The zero-order valence-corrected chi connectivity index (χ0v) is 11.8. The lowest BCUT2D eigenvalue weighted by molar-refractivity contribution is 0.520. The number of anilines is 1. The van der Waals surface area contributed by atoms with Gasteiger partial charge >= 0.3 is 0 Å². The van der Waals surface area contributed by atoms with Crippen LogP contribution in [0.15, 0.2) is 29.2 Å². The molecule has 2 atom stereocenters. The molecule has 0 spiro atoms. The molecule has 0 radical (unpaired) electrons. The van der Waals surface area contributed by atoms with Crippen LogP contribution in [0, 0.1) is 5.92 Å². The summed E-state index contributed by atoms with van der Waals surface area (Å²) in [6.07, 6.45) is 0. The van der Waals surface area contributed by atoms with Crippen molar-refractivity contribution in [2.75, 3.05) is 18.9 Å². The molecule has 4 N–H and O–H groups in total. The number of sulfonamides is 1. The number of hydrogen-bond acceptors (Lipinski definition) is 4. The molecular formula is C12H21N3O2S. The first-order valence-electron chi connectivity index (χ1n) is 5.91. The van der Waals surface area contributed by atoms with Gasteiger partial charge in [-0.05, 0) is 38.6 Å². The molecule has 0 aliphatic heterocycles. The van der Waals surface area contributed by atoms with E-state index < -0.39 is 10.0 Å². The van der Waals surface area contributed by atoms with Gasteiger partial charge in [0.05, 0.1) is 5.69 Å². The van der Waals surface area contributed by atoms with Gasteiger partial charge in [-0.3, -0.25) is 0 Å². The highest BCUT2D eigenvalue weighted by Crippen LogP contribution is 2.22. The van der Waals surface area contributed by atoms with Gasteiger partial charge in [0.1, 0.15) is 4.90 Å². The third-order valence-electron chi connectivity index (χ3n) is 3.05. The number of hydrogen-bond donors (Lipinski definition) is 3. The van der Waals surface area contributed by atoms with Crippen molar-refractivity contribution in [2.45, 2.75) is 24.8 Å². The minimum absolute atomic E-state index is 0.100. The standard InChI is InChI=1S/C12H21N3O2S/c1-9(8-13)10(2)15-11-6-4-5-7-12(11)18(16,17)14-3/h4-7,9-10,14-15H,8,13H2,1-3H3. The van der Waals surface area contributed by atoms with Gasteiger partial charge in [-0.25, -0.2) is 13.1 Å². The van der Waals surface area contributed by atoms with Crippen LogP contribution in [0.5, 0.6) is 0 Å². The van der Waals surface area contributed by atoms with Gasteiger partial charge in [0.25, 0.3) is 0 Å². The molecule has 0 heterocycles. The molecule has 102 valence electrons. The Bertz CT molecular complexity index is 488. The average Bonchev–Trinajstić information content (AvgIpc) is 2.38. The largest absolute Gasteiger partial charge is 0.381 e.